The molecular weight excluding hydrogens is 396 g/mol. The lowest BCUT2D eigenvalue weighted by Crippen LogP contribution is -2.13. The molecular formula is C13H14BrClN2O2S2. The first-order valence-corrected chi connectivity index (χ1v) is 9.71. The number of rotatable bonds is 6. The van der Waals surface area contributed by atoms with Gasteiger partial charge in [0, 0.05) is 11.0 Å². The average molecular weight is 410 g/mol. The zero-order valence-electron chi connectivity index (χ0n) is 11.2. The molecule has 0 radical (unpaired) electrons. The highest BCUT2D eigenvalue weighted by molar-refractivity contribution is 9.10. The summed E-state index contributed by atoms with van der Waals surface area (Å²) in [6.45, 7) is 3.49. The number of benzene rings is 1. The van der Waals surface area contributed by atoms with E-state index in [0.717, 1.165) is 16.6 Å². The Morgan fingerprint density at radius 3 is 2.76 bits per heavy atom. The Hall–Kier alpha value is -0.600. The van der Waals surface area contributed by atoms with Crippen molar-refractivity contribution < 1.29 is 8.42 Å². The van der Waals surface area contributed by atoms with Crippen LogP contribution in [0.1, 0.15) is 12.5 Å². The van der Waals surface area contributed by atoms with Crippen molar-refractivity contribution in [1.29, 1.82) is 0 Å². The smallest absolute Gasteiger partial charge is 0.271 e. The molecule has 1 aromatic carbocycles. The second kappa shape index (κ2) is 7.11. The fraction of sp³-hybridized carbons (Fsp3) is 0.231. The molecule has 0 saturated heterocycles. The number of hydrogen-bond donors (Lipinski definition) is 2. The highest BCUT2D eigenvalue weighted by Crippen LogP contribution is 2.29. The minimum Gasteiger partial charge on any atom is -0.313 e. The Kier molecular flexibility index (Phi) is 5.67. The lowest BCUT2D eigenvalue weighted by atomic mass is 10.3. The number of halogens is 2. The van der Waals surface area contributed by atoms with Gasteiger partial charge >= 0.3 is 0 Å². The molecule has 0 saturated carbocycles. The van der Waals surface area contributed by atoms with E-state index in [0.29, 0.717) is 17.3 Å². The molecule has 21 heavy (non-hydrogen) atoms. The molecule has 0 unspecified atom stereocenters. The summed E-state index contributed by atoms with van der Waals surface area (Å²) in [5.41, 5.74) is 1.31. The summed E-state index contributed by atoms with van der Waals surface area (Å²) in [5.74, 6) is 0. The van der Waals surface area contributed by atoms with E-state index in [4.69, 9.17) is 11.6 Å². The predicted molar refractivity (Wildman–Crippen MR) is 91.7 cm³/mol. The quantitative estimate of drug-likeness (QED) is 0.756. The Labute approximate surface area is 141 Å². The molecule has 114 valence electrons. The van der Waals surface area contributed by atoms with Crippen molar-refractivity contribution in [2.75, 3.05) is 11.3 Å². The maximum atomic E-state index is 12.3. The van der Waals surface area contributed by atoms with Gasteiger partial charge in [0.2, 0.25) is 0 Å². The maximum absolute atomic E-state index is 12.3. The van der Waals surface area contributed by atoms with E-state index < -0.39 is 10.0 Å². The molecule has 0 aliphatic carbocycles. The van der Waals surface area contributed by atoms with Crippen LogP contribution in [0.4, 0.5) is 5.69 Å². The van der Waals surface area contributed by atoms with Crippen LogP contribution in [0, 0.1) is 0 Å². The van der Waals surface area contributed by atoms with Crippen LogP contribution < -0.4 is 10.0 Å². The molecule has 0 aliphatic heterocycles. The topological polar surface area (TPSA) is 58.2 Å². The molecule has 0 fully saturated rings. The van der Waals surface area contributed by atoms with E-state index in [2.05, 4.69) is 26.0 Å². The van der Waals surface area contributed by atoms with Gasteiger partial charge in [-0.25, -0.2) is 8.42 Å². The van der Waals surface area contributed by atoms with Crippen molar-refractivity contribution in [2.45, 2.75) is 17.7 Å². The molecule has 4 nitrogen and oxygen atoms in total. The summed E-state index contributed by atoms with van der Waals surface area (Å²) < 4.78 is 28.2. The molecule has 1 aromatic heterocycles. The zero-order chi connectivity index (χ0) is 15.5. The van der Waals surface area contributed by atoms with Crippen molar-refractivity contribution in [3.63, 3.8) is 0 Å². The summed E-state index contributed by atoms with van der Waals surface area (Å²) >= 11 is 10.5. The fourth-order valence-electron chi connectivity index (χ4n) is 1.62. The predicted octanol–water partition coefficient (Wildman–Crippen LogP) is 4.07. The summed E-state index contributed by atoms with van der Waals surface area (Å²) in [7, 11) is -3.61. The van der Waals surface area contributed by atoms with Gasteiger partial charge < -0.3 is 5.32 Å². The summed E-state index contributed by atoms with van der Waals surface area (Å²) in [6.07, 6.45) is 0. The molecule has 2 N–H and O–H groups in total. The first-order chi connectivity index (χ1) is 9.92. The molecule has 8 heteroatoms. The van der Waals surface area contributed by atoms with Crippen LogP contribution in [-0.2, 0) is 16.6 Å². The van der Waals surface area contributed by atoms with Crippen molar-refractivity contribution >= 4 is 54.6 Å². The van der Waals surface area contributed by atoms with Gasteiger partial charge in [-0.3, -0.25) is 4.72 Å². The molecule has 0 bridgehead atoms. The summed E-state index contributed by atoms with van der Waals surface area (Å²) in [5, 5.41) is 5.34. The molecule has 2 rings (SSSR count). The van der Waals surface area contributed by atoms with E-state index in [-0.39, 0.29) is 4.21 Å². The van der Waals surface area contributed by atoms with E-state index in [9.17, 15) is 8.42 Å². The lowest BCUT2D eigenvalue weighted by Gasteiger charge is -2.08. The van der Waals surface area contributed by atoms with Gasteiger partial charge in [-0.05, 0) is 41.8 Å². The third-order valence-corrected chi connectivity index (χ3v) is 6.31. The second-order valence-corrected chi connectivity index (χ2v) is 8.43. The molecule has 0 atom stereocenters. The van der Waals surface area contributed by atoms with Gasteiger partial charge in [0.25, 0.3) is 10.0 Å². The Balaban J connectivity index is 2.19. The molecule has 0 spiro atoms. The van der Waals surface area contributed by atoms with E-state index in [1.54, 1.807) is 24.3 Å². The number of thiophene rings is 1. The van der Waals surface area contributed by atoms with Crippen LogP contribution in [0.15, 0.2) is 38.3 Å². The van der Waals surface area contributed by atoms with Crippen LogP contribution >= 0.6 is 38.9 Å². The third-order valence-electron chi connectivity index (χ3n) is 2.65. The maximum Gasteiger partial charge on any atom is 0.271 e. The van der Waals surface area contributed by atoms with Crippen molar-refractivity contribution in [2.24, 2.45) is 0 Å². The van der Waals surface area contributed by atoms with Gasteiger partial charge in [-0.2, -0.15) is 0 Å². The largest absolute Gasteiger partial charge is 0.313 e. The van der Waals surface area contributed by atoms with Crippen molar-refractivity contribution in [3.8, 4) is 0 Å². The first-order valence-electron chi connectivity index (χ1n) is 6.18. The van der Waals surface area contributed by atoms with E-state index >= 15 is 0 Å². The first kappa shape index (κ1) is 16.8. The Morgan fingerprint density at radius 2 is 2.10 bits per heavy atom. The molecule has 0 aliphatic rings. The van der Waals surface area contributed by atoms with Crippen LogP contribution in [0.5, 0.6) is 0 Å². The molecule has 2 aromatic rings. The van der Waals surface area contributed by atoms with E-state index in [1.807, 2.05) is 12.3 Å². The van der Waals surface area contributed by atoms with Crippen molar-refractivity contribution in [3.05, 3.63) is 44.7 Å². The summed E-state index contributed by atoms with van der Waals surface area (Å²) in [6, 6.07) is 6.67. The SMILES string of the molecule is CCNCc1csc(S(=O)(=O)Nc2ccc(Br)cc2Cl)c1. The number of hydrogen-bond acceptors (Lipinski definition) is 4. The number of anilines is 1. The van der Waals surface area contributed by atoms with Crippen LogP contribution in [-0.4, -0.2) is 15.0 Å². The Morgan fingerprint density at radius 1 is 1.33 bits per heavy atom. The van der Waals surface area contributed by atoms with Crippen LogP contribution in [0.25, 0.3) is 0 Å². The number of nitrogens with one attached hydrogen (secondary N) is 2. The van der Waals surface area contributed by atoms with Gasteiger partial charge in [0.05, 0.1) is 10.7 Å². The third kappa shape index (κ3) is 4.43. The average Bonchev–Trinajstić information content (AvgIpc) is 2.89. The fourth-order valence-corrected chi connectivity index (χ4v) is 4.69. The Bertz CT molecular complexity index is 732. The van der Waals surface area contributed by atoms with E-state index in [1.165, 1.54) is 11.3 Å². The monoisotopic (exact) mass is 408 g/mol. The van der Waals surface area contributed by atoms with Gasteiger partial charge in [-0.1, -0.05) is 34.5 Å². The van der Waals surface area contributed by atoms with Crippen LogP contribution in [0.3, 0.4) is 0 Å². The highest BCUT2D eigenvalue weighted by atomic mass is 79.9. The second-order valence-electron chi connectivity index (χ2n) is 4.28. The zero-order valence-corrected chi connectivity index (χ0v) is 15.2. The minimum atomic E-state index is -3.61. The minimum absolute atomic E-state index is 0.273. The van der Waals surface area contributed by atoms with Gasteiger partial charge in [-0.15, -0.1) is 11.3 Å². The lowest BCUT2D eigenvalue weighted by molar-refractivity contribution is 0.603. The normalized spacial score (nSPS) is 11.6. The summed E-state index contributed by atoms with van der Waals surface area (Å²) in [4.78, 5) is 0. The number of sulfonamides is 1. The van der Waals surface area contributed by atoms with Crippen LogP contribution in [0.2, 0.25) is 5.02 Å². The molecule has 0 amide bonds. The molecule has 1 heterocycles. The standard InChI is InChI=1S/C13H14BrClN2O2S2/c1-2-16-7-9-5-13(20-8-9)21(18,19)17-12-4-3-10(14)6-11(12)15/h3-6,8,16-17H,2,7H2,1H3. The van der Waals surface area contributed by atoms with Crippen molar-refractivity contribution in [1.82, 2.24) is 5.32 Å². The van der Waals surface area contributed by atoms with Gasteiger partial charge in [0.15, 0.2) is 0 Å². The van der Waals surface area contributed by atoms with Gasteiger partial charge in [0.1, 0.15) is 4.21 Å². The highest BCUT2D eigenvalue weighted by Gasteiger charge is 2.18.